The van der Waals surface area contributed by atoms with Crippen LogP contribution in [-0.4, -0.2) is 29.5 Å². The Kier molecular flexibility index (Phi) is 4.65. The normalized spacial score (nSPS) is 11.1. The van der Waals surface area contributed by atoms with Crippen LogP contribution in [0, 0.1) is 0 Å². The van der Waals surface area contributed by atoms with Crippen LogP contribution in [0.2, 0.25) is 0 Å². The fourth-order valence-corrected chi connectivity index (χ4v) is 1.78. The topological polar surface area (TPSA) is 71.1 Å². The van der Waals surface area contributed by atoms with Gasteiger partial charge in [0.15, 0.2) is 5.13 Å². The summed E-state index contributed by atoms with van der Waals surface area (Å²) in [4.78, 5) is 25.7. The quantitative estimate of drug-likeness (QED) is 0.874. The Labute approximate surface area is 104 Å². The van der Waals surface area contributed by atoms with Crippen molar-refractivity contribution >= 4 is 28.3 Å². The van der Waals surface area contributed by atoms with Crippen LogP contribution in [0.5, 0.6) is 0 Å². The zero-order valence-electron chi connectivity index (χ0n) is 9.30. The largest absolute Gasteiger partial charge is 0.405 e. The number of carbonyl (C=O) groups is 2. The van der Waals surface area contributed by atoms with Crippen LogP contribution in [0.4, 0.5) is 18.3 Å². The number of amides is 2. The molecule has 0 fully saturated rings. The number of halogens is 3. The molecule has 0 aliphatic carbocycles. The van der Waals surface area contributed by atoms with Gasteiger partial charge in [-0.3, -0.25) is 9.59 Å². The first-order valence-corrected chi connectivity index (χ1v) is 5.69. The summed E-state index contributed by atoms with van der Waals surface area (Å²) in [6.45, 7) is -0.0639. The van der Waals surface area contributed by atoms with Crippen molar-refractivity contribution in [3.8, 4) is 0 Å². The summed E-state index contributed by atoms with van der Waals surface area (Å²) in [5, 5.41) is 5.95. The Hall–Kier alpha value is -1.64. The number of alkyl halides is 3. The summed E-state index contributed by atoms with van der Waals surface area (Å²) in [5.41, 5.74) is 0.309. The zero-order chi connectivity index (χ0) is 13.8. The van der Waals surface area contributed by atoms with E-state index in [9.17, 15) is 22.8 Å². The van der Waals surface area contributed by atoms with Crippen LogP contribution in [0.25, 0.3) is 0 Å². The lowest BCUT2D eigenvalue weighted by atomic mass is 10.3. The lowest BCUT2D eigenvalue weighted by Crippen LogP contribution is -2.34. The van der Waals surface area contributed by atoms with Gasteiger partial charge in [0.05, 0.1) is 12.1 Å². The Bertz CT molecular complexity index is 445. The number of aromatic nitrogens is 1. The molecule has 0 atom stereocenters. The molecule has 1 rings (SSSR count). The van der Waals surface area contributed by atoms with Crippen molar-refractivity contribution in [3.63, 3.8) is 0 Å². The van der Waals surface area contributed by atoms with Gasteiger partial charge in [0.25, 0.3) is 0 Å². The zero-order valence-corrected chi connectivity index (χ0v) is 10.1. The molecule has 0 aliphatic heterocycles. The molecule has 9 heteroatoms. The van der Waals surface area contributed by atoms with Gasteiger partial charge in [-0.05, 0) is 0 Å². The number of carbonyl (C=O) groups excluding carboxylic acids is 2. The Morgan fingerprint density at radius 1 is 1.44 bits per heavy atom. The third-order valence-electron chi connectivity index (χ3n) is 1.66. The monoisotopic (exact) mass is 281 g/mol. The van der Waals surface area contributed by atoms with E-state index in [2.05, 4.69) is 10.3 Å². The predicted octanol–water partition coefficient (Wildman–Crippen LogP) is 1.32. The van der Waals surface area contributed by atoms with Crippen molar-refractivity contribution in [1.29, 1.82) is 0 Å². The average Bonchev–Trinajstić information content (AvgIpc) is 2.60. The summed E-state index contributed by atoms with van der Waals surface area (Å²) in [6.07, 6.45) is -4.69. The first-order chi connectivity index (χ1) is 8.26. The molecule has 1 heterocycles. The molecule has 1 aromatic rings. The van der Waals surface area contributed by atoms with Crippen LogP contribution in [0.15, 0.2) is 5.38 Å². The van der Waals surface area contributed by atoms with Gasteiger partial charge in [0.1, 0.15) is 6.54 Å². The van der Waals surface area contributed by atoms with Crippen molar-refractivity contribution in [2.75, 3.05) is 11.9 Å². The molecule has 100 valence electrons. The van der Waals surface area contributed by atoms with E-state index in [4.69, 9.17) is 0 Å². The van der Waals surface area contributed by atoms with E-state index in [1.54, 1.807) is 5.32 Å². The van der Waals surface area contributed by atoms with Gasteiger partial charge in [-0.25, -0.2) is 4.98 Å². The highest BCUT2D eigenvalue weighted by atomic mass is 32.1. The van der Waals surface area contributed by atoms with E-state index in [1.807, 2.05) is 0 Å². The standard InChI is InChI=1S/C9H10F3N3O2S/c1-5(16)14-8-15-6(3-18-8)2-7(17)13-4-9(10,11)12/h3H,2,4H2,1H3,(H,13,17)(H,14,15,16). The van der Waals surface area contributed by atoms with Gasteiger partial charge in [-0.15, -0.1) is 11.3 Å². The molecule has 0 spiro atoms. The number of rotatable bonds is 4. The van der Waals surface area contributed by atoms with Crippen molar-refractivity contribution in [2.45, 2.75) is 19.5 Å². The van der Waals surface area contributed by atoms with E-state index in [-0.39, 0.29) is 12.3 Å². The molecule has 0 aromatic carbocycles. The molecule has 5 nitrogen and oxygen atoms in total. The van der Waals surface area contributed by atoms with Gasteiger partial charge in [-0.1, -0.05) is 0 Å². The number of hydrogen-bond donors (Lipinski definition) is 2. The minimum atomic E-state index is -4.43. The summed E-state index contributed by atoms with van der Waals surface area (Å²) in [7, 11) is 0. The minimum absolute atomic E-state index is 0.258. The maximum atomic E-state index is 11.8. The lowest BCUT2D eigenvalue weighted by molar-refractivity contribution is -0.138. The van der Waals surface area contributed by atoms with E-state index in [0.29, 0.717) is 10.8 Å². The lowest BCUT2D eigenvalue weighted by Gasteiger charge is -2.07. The molecule has 18 heavy (non-hydrogen) atoms. The smallest absolute Gasteiger partial charge is 0.347 e. The number of nitrogens with one attached hydrogen (secondary N) is 2. The number of nitrogens with zero attached hydrogens (tertiary/aromatic N) is 1. The molecular weight excluding hydrogens is 271 g/mol. The minimum Gasteiger partial charge on any atom is -0.347 e. The van der Waals surface area contributed by atoms with Crippen molar-refractivity contribution in [3.05, 3.63) is 11.1 Å². The first kappa shape index (κ1) is 14.4. The molecular formula is C9H10F3N3O2S. The van der Waals surface area contributed by atoms with Crippen LogP contribution in [-0.2, 0) is 16.0 Å². The van der Waals surface area contributed by atoms with Gasteiger partial charge >= 0.3 is 6.18 Å². The first-order valence-electron chi connectivity index (χ1n) is 4.82. The maximum absolute atomic E-state index is 11.8. The SMILES string of the molecule is CC(=O)Nc1nc(CC(=O)NCC(F)(F)F)cs1. The number of thiazole rings is 1. The summed E-state index contributed by atoms with van der Waals surface area (Å²) < 4.78 is 35.5. The molecule has 0 bridgehead atoms. The van der Waals surface area contributed by atoms with Crippen molar-refractivity contribution in [1.82, 2.24) is 10.3 Å². The second kappa shape index (κ2) is 5.80. The van der Waals surface area contributed by atoms with E-state index >= 15 is 0 Å². The predicted molar refractivity (Wildman–Crippen MR) is 59.2 cm³/mol. The number of hydrogen-bond acceptors (Lipinski definition) is 4. The summed E-state index contributed by atoms with van der Waals surface area (Å²) in [5.74, 6) is -1.08. The maximum Gasteiger partial charge on any atom is 0.405 e. The van der Waals surface area contributed by atoms with E-state index in [0.717, 1.165) is 11.3 Å². The molecule has 2 amide bonds. The van der Waals surface area contributed by atoms with Crippen LogP contribution < -0.4 is 10.6 Å². The fourth-order valence-electron chi connectivity index (χ4n) is 1.02. The molecule has 0 unspecified atom stereocenters. The Balaban J connectivity index is 2.45. The highest BCUT2D eigenvalue weighted by Gasteiger charge is 2.27. The molecule has 0 aliphatic rings. The second-order valence-electron chi connectivity index (χ2n) is 3.39. The highest BCUT2D eigenvalue weighted by molar-refractivity contribution is 7.13. The van der Waals surface area contributed by atoms with Crippen LogP contribution in [0.3, 0.4) is 0 Å². The third-order valence-corrected chi connectivity index (χ3v) is 2.47. The molecule has 0 radical (unpaired) electrons. The number of anilines is 1. The van der Waals surface area contributed by atoms with Crippen LogP contribution in [0.1, 0.15) is 12.6 Å². The van der Waals surface area contributed by atoms with Gasteiger partial charge in [-0.2, -0.15) is 13.2 Å². The van der Waals surface area contributed by atoms with Gasteiger partial charge in [0, 0.05) is 12.3 Å². The average molecular weight is 281 g/mol. The van der Waals surface area contributed by atoms with Gasteiger partial charge in [0.2, 0.25) is 11.8 Å². The molecule has 0 saturated carbocycles. The highest BCUT2D eigenvalue weighted by Crippen LogP contribution is 2.16. The fraction of sp³-hybridized carbons (Fsp3) is 0.444. The van der Waals surface area contributed by atoms with E-state index in [1.165, 1.54) is 12.3 Å². The second-order valence-corrected chi connectivity index (χ2v) is 4.25. The summed E-state index contributed by atoms with van der Waals surface area (Å²) in [6, 6.07) is 0. The van der Waals surface area contributed by atoms with Crippen molar-refractivity contribution in [2.24, 2.45) is 0 Å². The van der Waals surface area contributed by atoms with E-state index < -0.39 is 18.6 Å². The molecule has 2 N–H and O–H groups in total. The molecule has 0 saturated heterocycles. The van der Waals surface area contributed by atoms with Crippen LogP contribution >= 0.6 is 11.3 Å². The Morgan fingerprint density at radius 2 is 2.11 bits per heavy atom. The third kappa shape index (κ3) is 5.62. The summed E-state index contributed by atoms with van der Waals surface area (Å²) >= 11 is 1.10. The van der Waals surface area contributed by atoms with Gasteiger partial charge < -0.3 is 10.6 Å². The Morgan fingerprint density at radius 3 is 2.67 bits per heavy atom. The van der Waals surface area contributed by atoms with Crippen molar-refractivity contribution < 1.29 is 22.8 Å². The molecule has 1 aromatic heterocycles.